The summed E-state index contributed by atoms with van der Waals surface area (Å²) in [6.45, 7) is 3.35. The maximum Gasteiger partial charge on any atom is 0.252 e. The van der Waals surface area contributed by atoms with E-state index in [0.29, 0.717) is 30.4 Å². The highest BCUT2D eigenvalue weighted by Gasteiger charge is 2.31. The van der Waals surface area contributed by atoms with Gasteiger partial charge in [-0.05, 0) is 30.5 Å². The molecule has 0 spiro atoms. The number of rotatable bonds is 5. The average Bonchev–Trinajstić information content (AvgIpc) is 3.43. The summed E-state index contributed by atoms with van der Waals surface area (Å²) in [5, 5.41) is 6.89. The zero-order chi connectivity index (χ0) is 19.7. The third kappa shape index (κ3) is 4.06. The van der Waals surface area contributed by atoms with Gasteiger partial charge in [-0.1, -0.05) is 0 Å². The van der Waals surface area contributed by atoms with Gasteiger partial charge in [0.25, 0.3) is 10.0 Å². The Balaban J connectivity index is 1.35. The van der Waals surface area contributed by atoms with Crippen LogP contribution >= 0.6 is 34.0 Å². The van der Waals surface area contributed by atoms with Gasteiger partial charge in [-0.15, -0.1) is 22.7 Å². The Morgan fingerprint density at radius 1 is 1.14 bits per heavy atom. The first kappa shape index (κ1) is 19.7. The van der Waals surface area contributed by atoms with Crippen molar-refractivity contribution in [3.05, 3.63) is 44.9 Å². The summed E-state index contributed by atoms with van der Waals surface area (Å²) in [5.41, 5.74) is 1.84. The lowest BCUT2D eigenvalue weighted by Gasteiger charge is -2.33. The van der Waals surface area contributed by atoms with Gasteiger partial charge in [0.05, 0.1) is 12.1 Å². The molecule has 4 heterocycles. The van der Waals surface area contributed by atoms with Gasteiger partial charge in [0.15, 0.2) is 0 Å². The topological polar surface area (TPSA) is 70.6 Å². The number of hydrogen-bond donors (Lipinski definition) is 0. The Morgan fingerprint density at radius 2 is 1.93 bits per heavy atom. The first-order chi connectivity index (χ1) is 13.4. The van der Waals surface area contributed by atoms with Crippen LogP contribution in [-0.4, -0.2) is 54.7 Å². The molecule has 0 unspecified atom stereocenters. The van der Waals surface area contributed by atoms with E-state index in [1.165, 1.54) is 27.0 Å². The van der Waals surface area contributed by atoms with Gasteiger partial charge in [0, 0.05) is 47.4 Å². The van der Waals surface area contributed by atoms with Crippen LogP contribution in [0.5, 0.6) is 0 Å². The van der Waals surface area contributed by atoms with E-state index in [1.54, 1.807) is 22.3 Å². The Labute approximate surface area is 176 Å². The molecule has 148 valence electrons. The number of sulfonamides is 1. The predicted molar refractivity (Wildman–Crippen MR) is 114 cm³/mol. The van der Waals surface area contributed by atoms with Crippen molar-refractivity contribution in [1.29, 1.82) is 0 Å². The van der Waals surface area contributed by atoms with Gasteiger partial charge in [-0.3, -0.25) is 4.79 Å². The molecule has 0 radical (unpaired) electrons. The van der Waals surface area contributed by atoms with Crippen LogP contribution in [0.1, 0.15) is 10.6 Å². The number of carbonyl (C=O) groups excluding carboxylic acids is 1. The largest absolute Gasteiger partial charge is 0.340 e. The number of aryl methyl sites for hydroxylation is 1. The van der Waals surface area contributed by atoms with Crippen molar-refractivity contribution in [2.45, 2.75) is 17.6 Å². The van der Waals surface area contributed by atoms with Crippen LogP contribution < -0.4 is 0 Å². The molecule has 1 amide bonds. The molecule has 6 nitrogen and oxygen atoms in total. The lowest BCUT2D eigenvalue weighted by Crippen LogP contribution is -2.50. The van der Waals surface area contributed by atoms with Gasteiger partial charge in [0.2, 0.25) is 5.91 Å². The number of thiophene rings is 2. The van der Waals surface area contributed by atoms with E-state index < -0.39 is 10.0 Å². The number of aromatic nitrogens is 1. The lowest BCUT2D eigenvalue weighted by atomic mass is 10.2. The van der Waals surface area contributed by atoms with Crippen molar-refractivity contribution in [3.63, 3.8) is 0 Å². The van der Waals surface area contributed by atoms with E-state index in [1.807, 2.05) is 35.2 Å². The fraction of sp³-hybridized carbons (Fsp3) is 0.333. The average molecular weight is 454 g/mol. The van der Waals surface area contributed by atoms with Gasteiger partial charge in [-0.25, -0.2) is 13.4 Å². The predicted octanol–water partition coefficient (Wildman–Crippen LogP) is 3.32. The molecule has 0 atom stereocenters. The van der Waals surface area contributed by atoms with Crippen LogP contribution in [0, 0.1) is 6.92 Å². The quantitative estimate of drug-likeness (QED) is 0.594. The molecule has 0 bridgehead atoms. The van der Waals surface area contributed by atoms with Crippen LogP contribution in [0.2, 0.25) is 0 Å². The van der Waals surface area contributed by atoms with E-state index in [9.17, 15) is 13.2 Å². The van der Waals surface area contributed by atoms with Crippen LogP contribution in [0.3, 0.4) is 0 Å². The molecule has 28 heavy (non-hydrogen) atoms. The molecular weight excluding hydrogens is 434 g/mol. The lowest BCUT2D eigenvalue weighted by molar-refractivity contribution is -0.131. The summed E-state index contributed by atoms with van der Waals surface area (Å²) >= 11 is 4.44. The van der Waals surface area contributed by atoms with Gasteiger partial charge >= 0.3 is 0 Å². The molecule has 0 saturated carbocycles. The first-order valence-electron chi connectivity index (χ1n) is 8.75. The van der Waals surface area contributed by atoms with Crippen molar-refractivity contribution in [1.82, 2.24) is 14.2 Å². The zero-order valence-corrected chi connectivity index (χ0v) is 18.5. The number of hydrogen-bond acceptors (Lipinski definition) is 7. The summed E-state index contributed by atoms with van der Waals surface area (Å²) in [6.07, 6.45) is 0.248. The first-order valence-corrected chi connectivity index (χ1v) is 12.8. The molecule has 0 aromatic carbocycles. The standard InChI is InChI=1S/C18H19N3O3S4/c1-13-2-3-17(27-13)28(23,24)21-7-5-20(6-8-21)16(22)10-15-12-26-18(19-15)14-4-9-25-11-14/h2-4,9,11-12H,5-8,10H2,1H3. The van der Waals surface area contributed by atoms with Crippen LogP contribution in [0.4, 0.5) is 0 Å². The molecular formula is C18H19N3O3S4. The smallest absolute Gasteiger partial charge is 0.252 e. The second kappa shape index (κ2) is 8.03. The molecule has 4 rings (SSSR count). The number of carbonyl (C=O) groups is 1. The third-order valence-corrected chi connectivity index (χ3v) is 9.54. The minimum absolute atomic E-state index is 0.00816. The van der Waals surface area contributed by atoms with E-state index in [0.717, 1.165) is 21.1 Å². The monoisotopic (exact) mass is 453 g/mol. The SMILES string of the molecule is Cc1ccc(S(=O)(=O)N2CCN(C(=O)Cc3csc(-c4ccsc4)n3)CC2)s1. The zero-order valence-electron chi connectivity index (χ0n) is 15.2. The molecule has 3 aromatic rings. The molecule has 10 heteroatoms. The van der Waals surface area contributed by atoms with Crippen LogP contribution in [0.15, 0.2) is 38.5 Å². The molecule has 1 aliphatic rings. The van der Waals surface area contributed by atoms with E-state index in [2.05, 4.69) is 4.98 Å². The number of thiazole rings is 1. The number of piperazine rings is 1. The summed E-state index contributed by atoms with van der Waals surface area (Å²) in [6, 6.07) is 5.49. The molecule has 0 aliphatic carbocycles. The fourth-order valence-electron chi connectivity index (χ4n) is 3.03. The van der Waals surface area contributed by atoms with E-state index in [4.69, 9.17) is 0 Å². The van der Waals surface area contributed by atoms with Crippen molar-refractivity contribution in [2.75, 3.05) is 26.2 Å². The Kier molecular flexibility index (Phi) is 5.66. The minimum Gasteiger partial charge on any atom is -0.340 e. The fourth-order valence-corrected chi connectivity index (χ4v) is 7.42. The summed E-state index contributed by atoms with van der Waals surface area (Å²) in [7, 11) is -3.47. The highest BCUT2D eigenvalue weighted by Crippen LogP contribution is 2.27. The van der Waals surface area contributed by atoms with Crippen molar-refractivity contribution in [3.8, 4) is 10.6 Å². The minimum atomic E-state index is -3.47. The molecule has 0 N–H and O–H groups in total. The number of amides is 1. The van der Waals surface area contributed by atoms with E-state index in [-0.39, 0.29) is 12.3 Å². The summed E-state index contributed by atoms with van der Waals surface area (Å²) < 4.78 is 27.3. The van der Waals surface area contributed by atoms with Gasteiger partial charge in [-0.2, -0.15) is 15.6 Å². The van der Waals surface area contributed by atoms with E-state index >= 15 is 0 Å². The van der Waals surface area contributed by atoms with Crippen molar-refractivity contribution in [2.24, 2.45) is 0 Å². The summed E-state index contributed by atoms with van der Waals surface area (Å²) in [4.78, 5) is 19.9. The van der Waals surface area contributed by atoms with Gasteiger partial charge in [0.1, 0.15) is 9.22 Å². The highest BCUT2D eigenvalue weighted by molar-refractivity contribution is 7.91. The molecule has 3 aromatic heterocycles. The second-order valence-electron chi connectivity index (χ2n) is 6.48. The number of nitrogens with zero attached hydrogens (tertiary/aromatic N) is 3. The molecule has 1 aliphatic heterocycles. The van der Waals surface area contributed by atoms with Crippen molar-refractivity contribution < 1.29 is 13.2 Å². The van der Waals surface area contributed by atoms with Crippen molar-refractivity contribution >= 4 is 49.9 Å². The maximum atomic E-state index is 12.7. The Morgan fingerprint density at radius 3 is 2.57 bits per heavy atom. The Hall–Kier alpha value is -1.59. The summed E-state index contributed by atoms with van der Waals surface area (Å²) in [5.74, 6) is -0.00816. The third-order valence-electron chi connectivity index (χ3n) is 4.55. The maximum absolute atomic E-state index is 12.7. The Bertz CT molecular complexity index is 1060. The molecule has 1 fully saturated rings. The van der Waals surface area contributed by atoms with Crippen LogP contribution in [-0.2, 0) is 21.2 Å². The normalized spacial score (nSPS) is 15.8. The molecule has 1 saturated heterocycles. The second-order valence-corrected chi connectivity index (χ2v) is 11.6. The highest BCUT2D eigenvalue weighted by atomic mass is 32.2. The van der Waals surface area contributed by atoms with Gasteiger partial charge < -0.3 is 4.90 Å². The van der Waals surface area contributed by atoms with Crippen LogP contribution in [0.25, 0.3) is 10.6 Å².